The average Bonchev–Trinajstić information content (AvgIpc) is 2.40. The van der Waals surface area contributed by atoms with E-state index in [2.05, 4.69) is 24.1 Å². The largest absolute Gasteiger partial charge is 0.375 e. The molecular formula is C15H23FN2O. The normalized spacial score (nSPS) is 25.4. The third-order valence-electron chi connectivity index (χ3n) is 3.81. The van der Waals surface area contributed by atoms with Gasteiger partial charge in [-0.3, -0.25) is 0 Å². The molecule has 0 spiro atoms. The fourth-order valence-corrected chi connectivity index (χ4v) is 2.59. The minimum Gasteiger partial charge on any atom is -0.375 e. The summed E-state index contributed by atoms with van der Waals surface area (Å²) in [6, 6.07) is 5.56. The van der Waals surface area contributed by atoms with Gasteiger partial charge in [-0.1, -0.05) is 6.07 Å². The summed E-state index contributed by atoms with van der Waals surface area (Å²) in [4.78, 5) is 2.25. The monoisotopic (exact) mass is 266 g/mol. The van der Waals surface area contributed by atoms with Gasteiger partial charge in [0.05, 0.1) is 12.7 Å². The van der Waals surface area contributed by atoms with Crippen molar-refractivity contribution in [3.8, 4) is 0 Å². The first kappa shape index (κ1) is 14.3. The second-order valence-corrected chi connectivity index (χ2v) is 5.33. The van der Waals surface area contributed by atoms with Crippen LogP contribution in [0.15, 0.2) is 18.2 Å². The molecule has 1 heterocycles. The van der Waals surface area contributed by atoms with E-state index in [1.54, 1.807) is 6.07 Å². The summed E-state index contributed by atoms with van der Waals surface area (Å²) in [6.45, 7) is 7.64. The summed E-state index contributed by atoms with van der Waals surface area (Å²) in [5.74, 6) is -0.148. The van der Waals surface area contributed by atoms with E-state index in [4.69, 9.17) is 4.74 Å². The van der Waals surface area contributed by atoms with Gasteiger partial charge >= 0.3 is 0 Å². The minimum absolute atomic E-state index is 0.0125. The number of nitrogens with zero attached hydrogens (tertiary/aromatic N) is 1. The Morgan fingerprint density at radius 3 is 2.84 bits per heavy atom. The Balaban J connectivity index is 2.40. The summed E-state index contributed by atoms with van der Waals surface area (Å²) in [5, 5.41) is 3.13. The molecule has 1 aliphatic rings. The molecule has 1 N–H and O–H groups in total. The first-order valence-corrected chi connectivity index (χ1v) is 6.88. The van der Waals surface area contributed by atoms with Crippen molar-refractivity contribution in [2.45, 2.75) is 39.0 Å². The van der Waals surface area contributed by atoms with Crippen molar-refractivity contribution in [2.75, 3.05) is 25.1 Å². The van der Waals surface area contributed by atoms with E-state index in [1.165, 1.54) is 6.07 Å². The lowest BCUT2D eigenvalue weighted by molar-refractivity contribution is 0.0342. The second-order valence-electron chi connectivity index (χ2n) is 5.33. The Labute approximate surface area is 114 Å². The highest BCUT2D eigenvalue weighted by Crippen LogP contribution is 2.31. The summed E-state index contributed by atoms with van der Waals surface area (Å²) in [6.07, 6.45) is 0.178. The lowest BCUT2D eigenvalue weighted by Crippen LogP contribution is -2.48. The van der Waals surface area contributed by atoms with Crippen molar-refractivity contribution in [3.05, 3.63) is 29.6 Å². The van der Waals surface area contributed by atoms with E-state index in [1.807, 2.05) is 20.0 Å². The van der Waals surface area contributed by atoms with Gasteiger partial charge in [0.25, 0.3) is 0 Å². The van der Waals surface area contributed by atoms with Crippen LogP contribution in [0.4, 0.5) is 10.1 Å². The van der Waals surface area contributed by atoms with Gasteiger partial charge in [-0.25, -0.2) is 4.39 Å². The first-order valence-electron chi connectivity index (χ1n) is 6.88. The fourth-order valence-electron chi connectivity index (χ4n) is 2.59. The van der Waals surface area contributed by atoms with Crippen molar-refractivity contribution in [2.24, 2.45) is 0 Å². The molecule has 3 nitrogen and oxygen atoms in total. The van der Waals surface area contributed by atoms with Gasteiger partial charge in [-0.05, 0) is 40.0 Å². The van der Waals surface area contributed by atoms with Crippen molar-refractivity contribution in [1.82, 2.24) is 5.32 Å². The molecular weight excluding hydrogens is 243 g/mol. The number of halogens is 1. The van der Waals surface area contributed by atoms with Gasteiger partial charge in [0, 0.05) is 29.9 Å². The molecule has 0 aliphatic carbocycles. The quantitative estimate of drug-likeness (QED) is 0.910. The smallest absolute Gasteiger partial charge is 0.130 e. The molecule has 4 heteroatoms. The molecule has 0 radical (unpaired) electrons. The van der Waals surface area contributed by atoms with Gasteiger partial charge in [-0.2, -0.15) is 0 Å². The van der Waals surface area contributed by atoms with Crippen LogP contribution in [0.5, 0.6) is 0 Å². The molecule has 1 saturated heterocycles. The van der Waals surface area contributed by atoms with Gasteiger partial charge in [0.1, 0.15) is 5.82 Å². The topological polar surface area (TPSA) is 24.5 Å². The third-order valence-corrected chi connectivity index (χ3v) is 3.81. The summed E-state index contributed by atoms with van der Waals surface area (Å²) in [5.41, 5.74) is 1.72. The molecule has 106 valence electrons. The number of hydrogen-bond donors (Lipinski definition) is 1. The Kier molecular flexibility index (Phi) is 4.42. The standard InChI is InChI=1S/C15H23FN2O/c1-10-9-19-11(2)8-18(10)14-7-5-6-13(16)15(14)12(3)17-4/h5-7,10-12,17H,8-9H2,1-4H3. The van der Waals surface area contributed by atoms with Crippen LogP contribution in [0.25, 0.3) is 0 Å². The van der Waals surface area contributed by atoms with E-state index in [9.17, 15) is 4.39 Å². The van der Waals surface area contributed by atoms with Gasteiger partial charge in [-0.15, -0.1) is 0 Å². The number of nitrogens with one attached hydrogen (secondary N) is 1. The van der Waals surface area contributed by atoms with E-state index >= 15 is 0 Å². The zero-order valence-electron chi connectivity index (χ0n) is 12.1. The van der Waals surface area contributed by atoms with Crippen LogP contribution < -0.4 is 10.2 Å². The SMILES string of the molecule is CNC(C)c1c(F)cccc1N1CC(C)OCC1C. The zero-order chi connectivity index (χ0) is 14.0. The zero-order valence-corrected chi connectivity index (χ0v) is 12.1. The number of anilines is 1. The van der Waals surface area contributed by atoms with Crippen LogP contribution in [-0.4, -0.2) is 32.3 Å². The molecule has 19 heavy (non-hydrogen) atoms. The maximum absolute atomic E-state index is 14.2. The second kappa shape index (κ2) is 5.88. The van der Waals surface area contributed by atoms with Crippen molar-refractivity contribution in [1.29, 1.82) is 0 Å². The van der Waals surface area contributed by atoms with Crippen LogP contribution in [0, 0.1) is 5.82 Å². The van der Waals surface area contributed by atoms with Crippen LogP contribution in [0.3, 0.4) is 0 Å². The van der Waals surface area contributed by atoms with Crippen molar-refractivity contribution >= 4 is 5.69 Å². The number of ether oxygens (including phenoxy) is 1. The maximum atomic E-state index is 14.2. The highest BCUT2D eigenvalue weighted by atomic mass is 19.1. The van der Waals surface area contributed by atoms with Gasteiger partial charge in [0.15, 0.2) is 0 Å². The van der Waals surface area contributed by atoms with Crippen LogP contribution in [0.1, 0.15) is 32.4 Å². The predicted molar refractivity (Wildman–Crippen MR) is 76.1 cm³/mol. The Morgan fingerprint density at radius 2 is 2.16 bits per heavy atom. The van der Waals surface area contributed by atoms with E-state index < -0.39 is 0 Å². The van der Waals surface area contributed by atoms with Crippen LogP contribution >= 0.6 is 0 Å². The molecule has 0 saturated carbocycles. The number of rotatable bonds is 3. The highest BCUT2D eigenvalue weighted by molar-refractivity contribution is 5.56. The number of hydrogen-bond acceptors (Lipinski definition) is 3. The molecule has 2 rings (SSSR count). The molecule has 3 atom stereocenters. The highest BCUT2D eigenvalue weighted by Gasteiger charge is 2.27. The lowest BCUT2D eigenvalue weighted by atomic mass is 10.0. The Morgan fingerprint density at radius 1 is 1.42 bits per heavy atom. The Hall–Kier alpha value is -1.13. The van der Waals surface area contributed by atoms with E-state index in [-0.39, 0.29) is 24.0 Å². The molecule has 0 amide bonds. The molecule has 1 aliphatic heterocycles. The minimum atomic E-state index is -0.148. The molecule has 1 aromatic carbocycles. The third kappa shape index (κ3) is 2.90. The van der Waals surface area contributed by atoms with Crippen LogP contribution in [-0.2, 0) is 4.74 Å². The predicted octanol–water partition coefficient (Wildman–Crippen LogP) is 2.72. The van der Waals surface area contributed by atoms with Gasteiger partial charge < -0.3 is 15.0 Å². The van der Waals surface area contributed by atoms with Crippen molar-refractivity contribution < 1.29 is 9.13 Å². The number of benzene rings is 1. The van der Waals surface area contributed by atoms with E-state index in [0.29, 0.717) is 6.61 Å². The molecule has 3 unspecified atom stereocenters. The van der Waals surface area contributed by atoms with Crippen LogP contribution in [0.2, 0.25) is 0 Å². The average molecular weight is 266 g/mol. The lowest BCUT2D eigenvalue weighted by Gasteiger charge is -2.40. The van der Waals surface area contributed by atoms with Crippen molar-refractivity contribution in [3.63, 3.8) is 0 Å². The molecule has 1 aromatic rings. The molecule has 1 fully saturated rings. The van der Waals surface area contributed by atoms with Gasteiger partial charge in [0.2, 0.25) is 0 Å². The van der Waals surface area contributed by atoms with E-state index in [0.717, 1.165) is 17.8 Å². The summed E-state index contributed by atoms with van der Waals surface area (Å²) >= 11 is 0. The first-order chi connectivity index (χ1) is 9.04. The summed E-state index contributed by atoms with van der Waals surface area (Å²) in [7, 11) is 1.85. The summed E-state index contributed by atoms with van der Waals surface area (Å²) < 4.78 is 19.8. The maximum Gasteiger partial charge on any atom is 0.130 e. The Bertz CT molecular complexity index is 438. The molecule has 0 bridgehead atoms. The fraction of sp³-hybridized carbons (Fsp3) is 0.600. The number of morpholine rings is 1. The molecule has 0 aromatic heterocycles.